The monoisotopic (exact) mass is 316 g/mol. The third kappa shape index (κ3) is 3.05. The number of hydrogen-bond acceptors (Lipinski definition) is 3. The lowest BCUT2D eigenvalue weighted by Gasteiger charge is -2.37. The van der Waals surface area contributed by atoms with Crippen molar-refractivity contribution in [1.29, 1.82) is 0 Å². The van der Waals surface area contributed by atoms with Crippen LogP contribution in [0.2, 0.25) is 0 Å². The van der Waals surface area contributed by atoms with E-state index in [4.69, 9.17) is 10.5 Å². The van der Waals surface area contributed by atoms with E-state index in [9.17, 15) is 9.59 Å². The van der Waals surface area contributed by atoms with Crippen LogP contribution in [0.15, 0.2) is 24.3 Å². The number of methoxy groups -OCH3 is 1. The van der Waals surface area contributed by atoms with Gasteiger partial charge in [-0.25, -0.2) is 0 Å². The number of carbonyl (C=O) groups excluding carboxylic acids is 2. The van der Waals surface area contributed by atoms with Gasteiger partial charge in [0, 0.05) is 18.5 Å². The Morgan fingerprint density at radius 1 is 1.26 bits per heavy atom. The summed E-state index contributed by atoms with van der Waals surface area (Å²) in [7, 11) is 1.65. The maximum absolute atomic E-state index is 12.9. The lowest BCUT2D eigenvalue weighted by atomic mass is 9.92. The first-order valence-corrected chi connectivity index (χ1v) is 8.25. The third-order valence-corrected chi connectivity index (χ3v) is 5.21. The molecule has 1 saturated heterocycles. The molecule has 0 radical (unpaired) electrons. The molecule has 1 heterocycles. The molecule has 5 heteroatoms. The minimum atomic E-state index is -0.299. The quantitative estimate of drug-likeness (QED) is 0.922. The van der Waals surface area contributed by atoms with Gasteiger partial charge in [0.25, 0.3) is 0 Å². The minimum Gasteiger partial charge on any atom is -0.496 e. The fourth-order valence-corrected chi connectivity index (χ4v) is 3.64. The number of primary amides is 1. The average molecular weight is 316 g/mol. The highest BCUT2D eigenvalue weighted by molar-refractivity contribution is 5.85. The molecule has 1 saturated carbocycles. The molecule has 1 aliphatic carbocycles. The van der Waals surface area contributed by atoms with Gasteiger partial charge in [-0.15, -0.1) is 0 Å². The van der Waals surface area contributed by atoms with Gasteiger partial charge in [-0.05, 0) is 43.7 Å². The predicted octanol–water partition coefficient (Wildman–Crippen LogP) is 1.91. The van der Waals surface area contributed by atoms with Gasteiger partial charge in [-0.3, -0.25) is 9.59 Å². The molecule has 4 atom stereocenters. The molecule has 2 fully saturated rings. The number of piperidine rings is 1. The van der Waals surface area contributed by atoms with Gasteiger partial charge in [0.2, 0.25) is 11.8 Å². The Hall–Kier alpha value is -2.04. The summed E-state index contributed by atoms with van der Waals surface area (Å²) < 4.78 is 5.40. The van der Waals surface area contributed by atoms with E-state index in [0.29, 0.717) is 6.54 Å². The van der Waals surface area contributed by atoms with E-state index in [2.05, 4.69) is 6.92 Å². The Morgan fingerprint density at radius 3 is 2.70 bits per heavy atom. The largest absolute Gasteiger partial charge is 0.496 e. The van der Waals surface area contributed by atoms with Crippen molar-refractivity contribution in [3.8, 4) is 5.75 Å². The van der Waals surface area contributed by atoms with Crippen molar-refractivity contribution >= 4 is 11.8 Å². The smallest absolute Gasteiger partial charge is 0.226 e. The van der Waals surface area contributed by atoms with Crippen LogP contribution in [0.3, 0.4) is 0 Å². The van der Waals surface area contributed by atoms with Crippen molar-refractivity contribution in [2.45, 2.75) is 38.1 Å². The van der Waals surface area contributed by atoms with E-state index in [1.165, 1.54) is 0 Å². The third-order valence-electron chi connectivity index (χ3n) is 5.21. The molecule has 0 unspecified atom stereocenters. The lowest BCUT2D eigenvalue weighted by Crippen LogP contribution is -2.49. The summed E-state index contributed by atoms with van der Waals surface area (Å²) in [4.78, 5) is 26.2. The van der Waals surface area contributed by atoms with Crippen LogP contribution in [-0.2, 0) is 9.59 Å². The second-order valence-electron chi connectivity index (χ2n) is 6.71. The highest BCUT2D eigenvalue weighted by Gasteiger charge is 2.48. The summed E-state index contributed by atoms with van der Waals surface area (Å²) in [6.45, 7) is 2.51. The second-order valence-corrected chi connectivity index (χ2v) is 6.71. The van der Waals surface area contributed by atoms with Gasteiger partial charge >= 0.3 is 0 Å². The number of amides is 2. The Labute approximate surface area is 136 Å². The molecular weight excluding hydrogens is 292 g/mol. The molecule has 1 aromatic rings. The Morgan fingerprint density at radius 2 is 2.00 bits per heavy atom. The van der Waals surface area contributed by atoms with Crippen molar-refractivity contribution in [1.82, 2.24) is 4.90 Å². The first kappa shape index (κ1) is 15.8. The zero-order valence-electron chi connectivity index (χ0n) is 13.7. The Kier molecular flexibility index (Phi) is 4.28. The molecular formula is C18H24N2O3. The first-order valence-electron chi connectivity index (χ1n) is 8.25. The molecule has 0 spiro atoms. The van der Waals surface area contributed by atoms with Crippen LogP contribution in [0.1, 0.15) is 37.7 Å². The first-order chi connectivity index (χ1) is 11.0. The van der Waals surface area contributed by atoms with Crippen LogP contribution < -0.4 is 10.5 Å². The van der Waals surface area contributed by atoms with Gasteiger partial charge in [0.15, 0.2) is 0 Å². The molecule has 1 aliphatic heterocycles. The second kappa shape index (κ2) is 6.22. The number of rotatable bonds is 4. The number of carbonyl (C=O) groups is 2. The Balaban J connectivity index is 1.71. The molecule has 2 amide bonds. The normalized spacial score (nSPS) is 29.9. The van der Waals surface area contributed by atoms with Crippen molar-refractivity contribution in [2.24, 2.45) is 17.6 Å². The van der Waals surface area contributed by atoms with E-state index >= 15 is 0 Å². The van der Waals surface area contributed by atoms with E-state index in [0.717, 1.165) is 30.6 Å². The molecule has 5 nitrogen and oxygen atoms in total. The van der Waals surface area contributed by atoms with Gasteiger partial charge in [-0.1, -0.05) is 18.2 Å². The van der Waals surface area contributed by atoms with Crippen LogP contribution in [0.4, 0.5) is 0 Å². The number of hydrogen-bond donors (Lipinski definition) is 1. The summed E-state index contributed by atoms with van der Waals surface area (Å²) in [5, 5.41) is 0. The van der Waals surface area contributed by atoms with E-state index in [1.807, 2.05) is 29.2 Å². The lowest BCUT2D eigenvalue weighted by molar-refractivity contribution is -0.138. The van der Waals surface area contributed by atoms with Crippen molar-refractivity contribution in [3.63, 3.8) is 0 Å². The molecule has 124 valence electrons. The molecule has 2 aliphatic rings. The van der Waals surface area contributed by atoms with Crippen molar-refractivity contribution in [2.75, 3.05) is 13.7 Å². The number of benzene rings is 1. The number of nitrogens with zero attached hydrogens (tertiary/aromatic N) is 1. The van der Waals surface area contributed by atoms with Crippen LogP contribution in [0, 0.1) is 11.8 Å². The highest BCUT2D eigenvalue weighted by atomic mass is 16.5. The topological polar surface area (TPSA) is 72.6 Å². The maximum Gasteiger partial charge on any atom is 0.226 e. The van der Waals surface area contributed by atoms with Crippen LogP contribution in [0.25, 0.3) is 0 Å². The molecule has 2 N–H and O–H groups in total. The number of nitrogens with two attached hydrogens (primary N) is 1. The van der Waals surface area contributed by atoms with Crippen molar-refractivity contribution in [3.05, 3.63) is 29.8 Å². The van der Waals surface area contributed by atoms with E-state index in [-0.39, 0.29) is 35.6 Å². The summed E-state index contributed by atoms with van der Waals surface area (Å²) in [6, 6.07) is 8.05. The summed E-state index contributed by atoms with van der Waals surface area (Å²) in [5.41, 5.74) is 6.53. The summed E-state index contributed by atoms with van der Waals surface area (Å²) >= 11 is 0. The molecule has 3 rings (SSSR count). The van der Waals surface area contributed by atoms with Gasteiger partial charge < -0.3 is 15.4 Å². The highest BCUT2D eigenvalue weighted by Crippen LogP contribution is 2.51. The van der Waals surface area contributed by atoms with Crippen molar-refractivity contribution < 1.29 is 14.3 Å². The van der Waals surface area contributed by atoms with E-state index < -0.39 is 0 Å². The standard InChI is InChI=1S/C18H24N2O3/c1-11-7-8-12(17(19)21)10-20(11)18(22)15-9-14(15)13-5-3-4-6-16(13)23-2/h3-6,11-12,14-15H,7-10H2,1-2H3,(H2,19,21)/t11-,12+,14-,15-/m0/s1. The minimum absolute atomic E-state index is 0.000349. The number of ether oxygens (including phenoxy) is 1. The van der Waals surface area contributed by atoms with Gasteiger partial charge in [-0.2, -0.15) is 0 Å². The van der Waals surface area contributed by atoms with Crippen LogP contribution >= 0.6 is 0 Å². The average Bonchev–Trinajstić information content (AvgIpc) is 3.34. The Bertz CT molecular complexity index is 616. The predicted molar refractivity (Wildman–Crippen MR) is 86.9 cm³/mol. The number of para-hydroxylation sites is 1. The maximum atomic E-state index is 12.9. The molecule has 0 aromatic heterocycles. The fourth-order valence-electron chi connectivity index (χ4n) is 3.64. The summed E-state index contributed by atoms with van der Waals surface area (Å²) in [6.07, 6.45) is 2.47. The van der Waals surface area contributed by atoms with Crippen LogP contribution in [0.5, 0.6) is 5.75 Å². The van der Waals surface area contributed by atoms with Gasteiger partial charge in [0.1, 0.15) is 5.75 Å². The SMILES string of the molecule is COc1ccccc1[C@@H]1C[C@@H]1C(=O)N1C[C@H](C(N)=O)CC[C@@H]1C. The molecule has 1 aromatic carbocycles. The fraction of sp³-hybridized carbons (Fsp3) is 0.556. The zero-order valence-corrected chi connectivity index (χ0v) is 13.7. The molecule has 0 bridgehead atoms. The summed E-state index contributed by atoms with van der Waals surface area (Å²) in [5.74, 6) is 0.708. The molecule has 23 heavy (non-hydrogen) atoms. The number of likely N-dealkylation sites (tertiary alicyclic amines) is 1. The van der Waals surface area contributed by atoms with E-state index in [1.54, 1.807) is 7.11 Å². The van der Waals surface area contributed by atoms with Crippen LogP contribution in [-0.4, -0.2) is 36.4 Å². The zero-order chi connectivity index (χ0) is 16.6. The van der Waals surface area contributed by atoms with Gasteiger partial charge in [0.05, 0.1) is 13.0 Å².